The molecule has 0 unspecified atom stereocenters. The molecule has 2 amide bonds. The number of nitrogens with zero attached hydrogens (tertiary/aromatic N) is 2. The van der Waals surface area contributed by atoms with Crippen LogP contribution < -0.4 is 15.8 Å². The van der Waals surface area contributed by atoms with Crippen molar-refractivity contribution in [1.29, 1.82) is 0 Å². The van der Waals surface area contributed by atoms with Crippen LogP contribution in [0.3, 0.4) is 0 Å². The molecule has 3 rings (SSSR count). The minimum Gasteiger partial charge on any atom is -0.357 e. The number of nitrogens with one attached hydrogen (secondary N) is 2. The van der Waals surface area contributed by atoms with Gasteiger partial charge in [0.15, 0.2) is 0 Å². The van der Waals surface area contributed by atoms with E-state index in [9.17, 15) is 9.59 Å². The van der Waals surface area contributed by atoms with Crippen molar-refractivity contribution in [2.75, 3.05) is 18.0 Å². The molecular formula is C16H16BrClN4O2S. The molecule has 6 nitrogen and oxygen atoms in total. The number of hydrazine groups is 1. The molecule has 0 aromatic carbocycles. The van der Waals surface area contributed by atoms with Crippen LogP contribution in [0.2, 0.25) is 5.02 Å². The number of hydrogen-bond acceptors (Lipinski definition) is 5. The normalized spacial score (nSPS) is 15.0. The van der Waals surface area contributed by atoms with E-state index in [1.807, 2.05) is 6.07 Å². The van der Waals surface area contributed by atoms with Gasteiger partial charge in [-0.15, -0.1) is 11.3 Å². The molecule has 3 heterocycles. The Morgan fingerprint density at radius 2 is 1.96 bits per heavy atom. The van der Waals surface area contributed by atoms with Crippen molar-refractivity contribution in [3.8, 4) is 0 Å². The lowest BCUT2D eigenvalue weighted by Gasteiger charge is -2.32. The van der Waals surface area contributed by atoms with Gasteiger partial charge in [0.25, 0.3) is 5.91 Å². The minimum atomic E-state index is -0.313. The predicted octanol–water partition coefficient (Wildman–Crippen LogP) is 3.24. The second-order valence-corrected chi connectivity index (χ2v) is 8.54. The quantitative estimate of drug-likeness (QED) is 0.714. The second-order valence-electron chi connectivity index (χ2n) is 5.64. The topological polar surface area (TPSA) is 74.3 Å². The van der Waals surface area contributed by atoms with E-state index in [1.165, 1.54) is 11.3 Å². The maximum Gasteiger partial charge on any atom is 0.279 e. The maximum absolute atomic E-state index is 12.2. The molecule has 1 fully saturated rings. The molecule has 2 aromatic rings. The third-order valence-electron chi connectivity index (χ3n) is 4.00. The fourth-order valence-electron chi connectivity index (χ4n) is 2.64. The first kappa shape index (κ1) is 18.2. The van der Waals surface area contributed by atoms with Crippen molar-refractivity contribution in [2.24, 2.45) is 5.92 Å². The lowest BCUT2D eigenvalue weighted by Crippen LogP contribution is -2.47. The van der Waals surface area contributed by atoms with Gasteiger partial charge in [0.1, 0.15) is 5.82 Å². The summed E-state index contributed by atoms with van der Waals surface area (Å²) < 4.78 is 0.868. The van der Waals surface area contributed by atoms with Crippen molar-refractivity contribution in [3.05, 3.63) is 44.1 Å². The molecule has 2 aromatic heterocycles. The molecule has 1 saturated heterocycles. The molecule has 2 N–H and O–H groups in total. The number of anilines is 1. The van der Waals surface area contributed by atoms with Crippen molar-refractivity contribution >= 4 is 56.5 Å². The van der Waals surface area contributed by atoms with Gasteiger partial charge in [-0.1, -0.05) is 11.6 Å². The van der Waals surface area contributed by atoms with Crippen LogP contribution in [0.25, 0.3) is 0 Å². The van der Waals surface area contributed by atoms with E-state index in [4.69, 9.17) is 11.6 Å². The van der Waals surface area contributed by atoms with Crippen LogP contribution in [-0.2, 0) is 4.79 Å². The molecule has 9 heteroatoms. The van der Waals surface area contributed by atoms with Crippen LogP contribution >= 0.6 is 38.9 Å². The Morgan fingerprint density at radius 3 is 2.56 bits per heavy atom. The van der Waals surface area contributed by atoms with Gasteiger partial charge in [-0.05, 0) is 53.0 Å². The second kappa shape index (κ2) is 8.16. The zero-order chi connectivity index (χ0) is 17.8. The van der Waals surface area contributed by atoms with Crippen molar-refractivity contribution in [3.63, 3.8) is 0 Å². The number of thiophene rings is 1. The van der Waals surface area contributed by atoms with E-state index in [1.54, 1.807) is 24.4 Å². The molecule has 0 spiro atoms. The number of carbonyl (C=O) groups is 2. The van der Waals surface area contributed by atoms with E-state index in [0.29, 0.717) is 22.7 Å². The Balaban J connectivity index is 1.46. The first-order chi connectivity index (χ1) is 12.0. The van der Waals surface area contributed by atoms with Crippen LogP contribution in [0.4, 0.5) is 5.82 Å². The van der Waals surface area contributed by atoms with E-state index in [0.717, 1.165) is 22.7 Å². The van der Waals surface area contributed by atoms with E-state index >= 15 is 0 Å². The smallest absolute Gasteiger partial charge is 0.279 e. The maximum atomic E-state index is 12.2. The largest absolute Gasteiger partial charge is 0.357 e. The summed E-state index contributed by atoms with van der Waals surface area (Å²) in [6, 6.07) is 7.18. The fraction of sp³-hybridized carbons (Fsp3) is 0.312. The third-order valence-corrected chi connectivity index (χ3v) is 5.84. The highest BCUT2D eigenvalue weighted by molar-refractivity contribution is 9.11. The zero-order valence-electron chi connectivity index (χ0n) is 13.2. The molecule has 0 radical (unpaired) electrons. The van der Waals surface area contributed by atoms with Crippen LogP contribution in [0.5, 0.6) is 0 Å². The Bertz CT molecular complexity index is 760. The van der Waals surface area contributed by atoms with Gasteiger partial charge in [0, 0.05) is 25.2 Å². The molecule has 1 aliphatic rings. The summed E-state index contributed by atoms with van der Waals surface area (Å²) in [6.07, 6.45) is 3.03. The summed E-state index contributed by atoms with van der Waals surface area (Å²) in [5.41, 5.74) is 4.99. The summed E-state index contributed by atoms with van der Waals surface area (Å²) in [4.78, 5) is 31.2. The van der Waals surface area contributed by atoms with Crippen molar-refractivity contribution < 1.29 is 9.59 Å². The van der Waals surface area contributed by atoms with Gasteiger partial charge in [0.05, 0.1) is 13.7 Å². The standard InChI is InChI=1S/C16H16BrClN4O2S/c17-13-3-2-12(25-13)16(24)21-20-15(23)10-5-7-22(8-6-10)14-4-1-11(18)9-19-14/h1-4,9-10H,5-8H2,(H,20,23)(H,21,24). The molecule has 132 valence electrons. The van der Waals surface area contributed by atoms with Crippen LogP contribution in [-0.4, -0.2) is 29.9 Å². The minimum absolute atomic E-state index is 0.126. The zero-order valence-corrected chi connectivity index (χ0v) is 16.3. The molecule has 1 aliphatic heterocycles. The highest BCUT2D eigenvalue weighted by Gasteiger charge is 2.26. The number of piperidine rings is 1. The van der Waals surface area contributed by atoms with Gasteiger partial charge >= 0.3 is 0 Å². The van der Waals surface area contributed by atoms with Crippen LogP contribution in [0.15, 0.2) is 34.2 Å². The average molecular weight is 444 g/mol. The van der Waals surface area contributed by atoms with Crippen molar-refractivity contribution in [2.45, 2.75) is 12.8 Å². The summed E-state index contributed by atoms with van der Waals surface area (Å²) in [5, 5.41) is 0.603. The highest BCUT2D eigenvalue weighted by atomic mass is 79.9. The molecular weight excluding hydrogens is 428 g/mol. The summed E-state index contributed by atoms with van der Waals surface area (Å²) >= 11 is 10.5. The Morgan fingerprint density at radius 1 is 1.20 bits per heavy atom. The number of carbonyl (C=O) groups excluding carboxylic acids is 2. The van der Waals surface area contributed by atoms with E-state index in [2.05, 4.69) is 36.7 Å². The van der Waals surface area contributed by atoms with Crippen molar-refractivity contribution in [1.82, 2.24) is 15.8 Å². The summed E-state index contributed by atoms with van der Waals surface area (Å²) in [6.45, 7) is 1.47. The van der Waals surface area contributed by atoms with Crippen LogP contribution in [0, 0.1) is 5.92 Å². The lowest BCUT2D eigenvalue weighted by atomic mass is 9.96. The highest BCUT2D eigenvalue weighted by Crippen LogP contribution is 2.23. The van der Waals surface area contributed by atoms with Gasteiger partial charge in [-0.3, -0.25) is 20.4 Å². The van der Waals surface area contributed by atoms with Gasteiger partial charge in [-0.2, -0.15) is 0 Å². The molecule has 0 saturated carbocycles. The van der Waals surface area contributed by atoms with Crippen LogP contribution in [0.1, 0.15) is 22.5 Å². The molecule has 0 aliphatic carbocycles. The Kier molecular flexibility index (Phi) is 5.93. The van der Waals surface area contributed by atoms with Gasteiger partial charge in [0.2, 0.25) is 5.91 Å². The first-order valence-electron chi connectivity index (χ1n) is 7.75. The van der Waals surface area contributed by atoms with E-state index < -0.39 is 0 Å². The predicted molar refractivity (Wildman–Crippen MR) is 102 cm³/mol. The number of aromatic nitrogens is 1. The van der Waals surface area contributed by atoms with E-state index in [-0.39, 0.29) is 17.7 Å². The Labute approximate surface area is 162 Å². The fourth-order valence-corrected chi connectivity index (χ4v) is 4.04. The number of hydrogen-bond donors (Lipinski definition) is 2. The molecule has 0 bridgehead atoms. The number of amides is 2. The van der Waals surface area contributed by atoms with Gasteiger partial charge < -0.3 is 4.90 Å². The monoisotopic (exact) mass is 442 g/mol. The third kappa shape index (κ3) is 4.71. The molecule has 0 atom stereocenters. The number of rotatable bonds is 3. The number of halogens is 2. The Hall–Kier alpha value is -1.64. The summed E-state index contributed by atoms with van der Waals surface area (Å²) in [7, 11) is 0. The first-order valence-corrected chi connectivity index (χ1v) is 9.74. The summed E-state index contributed by atoms with van der Waals surface area (Å²) in [5.74, 6) is 0.262. The number of pyridine rings is 1. The lowest BCUT2D eigenvalue weighted by molar-refractivity contribution is -0.126. The SMILES string of the molecule is O=C(NNC(=O)C1CCN(c2ccc(Cl)cn2)CC1)c1ccc(Br)s1. The van der Waals surface area contributed by atoms with Gasteiger partial charge in [-0.25, -0.2) is 4.98 Å². The average Bonchev–Trinajstić information content (AvgIpc) is 3.07. The molecule has 25 heavy (non-hydrogen) atoms.